The molecule has 1 saturated heterocycles. The van der Waals surface area contributed by atoms with Gasteiger partial charge < -0.3 is 14.8 Å². The van der Waals surface area contributed by atoms with Gasteiger partial charge in [0.25, 0.3) is 0 Å². The van der Waals surface area contributed by atoms with Crippen LogP contribution in [0.25, 0.3) is 11.0 Å². The fourth-order valence-corrected chi connectivity index (χ4v) is 2.94. The molecule has 5 nitrogen and oxygen atoms in total. The molecule has 3 rings (SSSR count). The highest BCUT2D eigenvalue weighted by molar-refractivity contribution is 5.86. The van der Waals surface area contributed by atoms with Crippen molar-refractivity contribution >= 4 is 16.9 Å². The van der Waals surface area contributed by atoms with Gasteiger partial charge in [0.05, 0.1) is 11.8 Å². The van der Waals surface area contributed by atoms with Crippen molar-refractivity contribution in [2.45, 2.75) is 25.8 Å². The molecule has 1 aliphatic heterocycles. The number of nitrogens with one attached hydrogen (secondary N) is 1. The Labute approximate surface area is 113 Å². The lowest BCUT2D eigenvalue weighted by Gasteiger charge is -2.34. The lowest BCUT2D eigenvalue weighted by molar-refractivity contribution is 0.434. The number of rotatable bonds is 3. The Morgan fingerprint density at radius 3 is 3.11 bits per heavy atom. The van der Waals surface area contributed by atoms with Crippen molar-refractivity contribution in [3.05, 3.63) is 18.6 Å². The molecule has 3 heterocycles. The Hall–Kier alpha value is -1.62. The lowest BCUT2D eigenvalue weighted by Crippen LogP contribution is -2.46. The molecule has 0 radical (unpaired) electrons. The standard InChI is InChI=1S/C14H21N5/c1-3-19(11-5-4-7-15-9-11)14-13-12(6-8-16-14)18(2)10-17-13/h6,8,10-11,15H,3-5,7,9H2,1-2H3. The predicted octanol–water partition coefficient (Wildman–Crippen LogP) is 1.55. The molecular formula is C14H21N5. The number of hydrogen-bond acceptors (Lipinski definition) is 4. The van der Waals surface area contributed by atoms with E-state index in [0.717, 1.165) is 36.5 Å². The van der Waals surface area contributed by atoms with Crippen LogP contribution in [0.1, 0.15) is 19.8 Å². The number of piperidine rings is 1. The molecule has 5 heteroatoms. The molecule has 0 amide bonds. The number of anilines is 1. The van der Waals surface area contributed by atoms with Crippen LogP contribution in [0.5, 0.6) is 0 Å². The van der Waals surface area contributed by atoms with E-state index in [1.54, 1.807) is 0 Å². The van der Waals surface area contributed by atoms with Crippen molar-refractivity contribution in [2.75, 3.05) is 24.5 Å². The van der Waals surface area contributed by atoms with Crippen molar-refractivity contribution in [1.82, 2.24) is 19.9 Å². The fraction of sp³-hybridized carbons (Fsp3) is 0.571. The molecule has 1 fully saturated rings. The summed E-state index contributed by atoms with van der Waals surface area (Å²) in [6.45, 7) is 5.33. The van der Waals surface area contributed by atoms with Crippen LogP contribution in [0.3, 0.4) is 0 Å². The molecule has 2 aromatic rings. The first-order valence-corrected chi connectivity index (χ1v) is 7.04. The summed E-state index contributed by atoms with van der Waals surface area (Å²) in [6.07, 6.45) is 6.21. The van der Waals surface area contributed by atoms with Gasteiger partial charge in [0.1, 0.15) is 5.52 Å². The SMILES string of the molecule is CCN(c1nccc2c1ncn2C)C1CCCNC1. The maximum absolute atomic E-state index is 4.59. The largest absolute Gasteiger partial charge is 0.351 e. The van der Waals surface area contributed by atoms with E-state index < -0.39 is 0 Å². The third kappa shape index (κ3) is 2.18. The van der Waals surface area contributed by atoms with Crippen LogP contribution in [-0.2, 0) is 7.05 Å². The van der Waals surface area contributed by atoms with E-state index in [-0.39, 0.29) is 0 Å². The monoisotopic (exact) mass is 259 g/mol. The fourth-order valence-electron chi connectivity index (χ4n) is 2.94. The molecule has 102 valence electrons. The molecule has 19 heavy (non-hydrogen) atoms. The van der Waals surface area contributed by atoms with Crippen LogP contribution >= 0.6 is 0 Å². The van der Waals surface area contributed by atoms with Gasteiger partial charge in [-0.2, -0.15) is 0 Å². The van der Waals surface area contributed by atoms with Crippen molar-refractivity contribution < 1.29 is 0 Å². The Morgan fingerprint density at radius 1 is 1.47 bits per heavy atom. The molecule has 0 aromatic carbocycles. The maximum Gasteiger partial charge on any atom is 0.157 e. The average Bonchev–Trinajstić information content (AvgIpc) is 2.84. The van der Waals surface area contributed by atoms with Crippen molar-refractivity contribution in [1.29, 1.82) is 0 Å². The Balaban J connectivity index is 2.00. The first kappa shape index (κ1) is 12.4. The third-order valence-corrected chi connectivity index (χ3v) is 3.95. The highest BCUT2D eigenvalue weighted by atomic mass is 15.2. The van der Waals surface area contributed by atoms with Crippen molar-refractivity contribution in [3.8, 4) is 0 Å². The summed E-state index contributed by atoms with van der Waals surface area (Å²) in [7, 11) is 2.03. The van der Waals surface area contributed by atoms with Gasteiger partial charge in [-0.15, -0.1) is 0 Å². The summed E-state index contributed by atoms with van der Waals surface area (Å²) in [5.41, 5.74) is 2.16. The zero-order valence-electron chi connectivity index (χ0n) is 11.6. The zero-order valence-corrected chi connectivity index (χ0v) is 11.6. The summed E-state index contributed by atoms with van der Waals surface area (Å²) in [4.78, 5) is 11.5. The number of hydrogen-bond donors (Lipinski definition) is 1. The van der Waals surface area contributed by atoms with Gasteiger partial charge in [-0.05, 0) is 32.4 Å². The number of imidazole rings is 1. The number of likely N-dealkylation sites (N-methyl/N-ethyl adjacent to an activating group) is 1. The van der Waals surface area contributed by atoms with E-state index in [4.69, 9.17) is 0 Å². The van der Waals surface area contributed by atoms with Gasteiger partial charge in [-0.25, -0.2) is 9.97 Å². The normalized spacial score (nSPS) is 19.8. The molecular weight excluding hydrogens is 238 g/mol. The van der Waals surface area contributed by atoms with E-state index in [0.29, 0.717) is 6.04 Å². The second-order valence-electron chi connectivity index (χ2n) is 5.14. The second-order valence-corrected chi connectivity index (χ2v) is 5.14. The highest BCUT2D eigenvalue weighted by Gasteiger charge is 2.23. The predicted molar refractivity (Wildman–Crippen MR) is 77.4 cm³/mol. The molecule has 0 spiro atoms. The van der Waals surface area contributed by atoms with Crippen LogP contribution in [0.15, 0.2) is 18.6 Å². The van der Waals surface area contributed by atoms with Gasteiger partial charge in [0.2, 0.25) is 0 Å². The summed E-state index contributed by atoms with van der Waals surface area (Å²) < 4.78 is 2.05. The van der Waals surface area contributed by atoms with Gasteiger partial charge in [-0.1, -0.05) is 0 Å². The summed E-state index contributed by atoms with van der Waals surface area (Å²) in [5, 5.41) is 3.48. The molecule has 0 aliphatic carbocycles. The highest BCUT2D eigenvalue weighted by Crippen LogP contribution is 2.25. The van der Waals surface area contributed by atoms with Crippen LogP contribution in [0, 0.1) is 0 Å². The summed E-state index contributed by atoms with van der Waals surface area (Å²) >= 11 is 0. The van der Waals surface area contributed by atoms with E-state index >= 15 is 0 Å². The Kier molecular flexibility index (Phi) is 3.38. The lowest BCUT2D eigenvalue weighted by atomic mass is 10.1. The molecule has 1 N–H and O–H groups in total. The molecule has 0 saturated carbocycles. The minimum Gasteiger partial charge on any atom is -0.351 e. The van der Waals surface area contributed by atoms with Gasteiger partial charge >= 0.3 is 0 Å². The van der Waals surface area contributed by atoms with Crippen molar-refractivity contribution in [2.24, 2.45) is 7.05 Å². The van der Waals surface area contributed by atoms with E-state index in [9.17, 15) is 0 Å². The maximum atomic E-state index is 4.59. The van der Waals surface area contributed by atoms with Crippen LogP contribution in [0.4, 0.5) is 5.82 Å². The van der Waals surface area contributed by atoms with Crippen LogP contribution in [0.2, 0.25) is 0 Å². The summed E-state index contributed by atoms with van der Waals surface area (Å²) in [6, 6.07) is 2.55. The van der Waals surface area contributed by atoms with Crippen LogP contribution < -0.4 is 10.2 Å². The average molecular weight is 259 g/mol. The number of nitrogens with zero attached hydrogens (tertiary/aromatic N) is 4. The minimum absolute atomic E-state index is 0.527. The van der Waals surface area contributed by atoms with E-state index in [1.165, 1.54) is 12.8 Å². The van der Waals surface area contributed by atoms with Gasteiger partial charge in [-0.3, -0.25) is 0 Å². The number of aromatic nitrogens is 3. The number of fused-ring (bicyclic) bond motifs is 1. The second kappa shape index (κ2) is 5.17. The van der Waals surface area contributed by atoms with E-state index in [2.05, 4.69) is 27.1 Å². The van der Waals surface area contributed by atoms with Crippen LogP contribution in [-0.4, -0.2) is 40.2 Å². The van der Waals surface area contributed by atoms with Gasteiger partial charge in [0, 0.05) is 32.4 Å². The Bertz CT molecular complexity index is 556. The molecule has 1 atom stereocenters. The molecule has 1 aliphatic rings. The topological polar surface area (TPSA) is 46.0 Å². The first-order chi connectivity index (χ1) is 9.31. The number of pyridine rings is 1. The molecule has 1 unspecified atom stereocenters. The van der Waals surface area contributed by atoms with Gasteiger partial charge in [0.15, 0.2) is 5.82 Å². The Morgan fingerprint density at radius 2 is 2.37 bits per heavy atom. The quantitative estimate of drug-likeness (QED) is 0.908. The van der Waals surface area contributed by atoms with E-state index in [1.807, 2.05) is 30.2 Å². The summed E-state index contributed by atoms with van der Waals surface area (Å²) in [5.74, 6) is 1.02. The first-order valence-electron chi connectivity index (χ1n) is 7.04. The molecule has 0 bridgehead atoms. The smallest absolute Gasteiger partial charge is 0.157 e. The minimum atomic E-state index is 0.527. The number of aryl methyl sites for hydroxylation is 1. The van der Waals surface area contributed by atoms with Crippen molar-refractivity contribution in [3.63, 3.8) is 0 Å². The molecule has 2 aromatic heterocycles. The zero-order chi connectivity index (χ0) is 13.2. The third-order valence-electron chi connectivity index (χ3n) is 3.95.